The Balaban J connectivity index is 2.22. The molecule has 0 spiro atoms. The molecule has 2 rings (SSSR count). The quantitative estimate of drug-likeness (QED) is 0.924. The molecular formula is C16H16FN3. The molecule has 0 radical (unpaired) electrons. The predicted octanol–water partition coefficient (Wildman–Crippen LogP) is 3.38. The minimum absolute atomic E-state index is 0.332. The van der Waals surface area contributed by atoms with Crippen LogP contribution in [0.2, 0.25) is 0 Å². The van der Waals surface area contributed by atoms with Crippen molar-refractivity contribution in [3.8, 4) is 6.07 Å². The summed E-state index contributed by atoms with van der Waals surface area (Å²) in [6, 6.07) is 14.1. The molecule has 0 aromatic heterocycles. The highest BCUT2D eigenvalue weighted by molar-refractivity contribution is 5.69. The van der Waals surface area contributed by atoms with Crippen LogP contribution >= 0.6 is 0 Å². The number of benzene rings is 2. The molecule has 2 aromatic rings. The van der Waals surface area contributed by atoms with E-state index in [9.17, 15) is 4.39 Å². The van der Waals surface area contributed by atoms with E-state index in [0.717, 1.165) is 11.4 Å². The topological polar surface area (TPSA) is 39.1 Å². The molecule has 0 unspecified atom stereocenters. The number of halogens is 1. The summed E-state index contributed by atoms with van der Waals surface area (Å²) in [5.41, 5.74) is 3.13. The van der Waals surface area contributed by atoms with E-state index in [-0.39, 0.29) is 5.82 Å². The number of nitriles is 1. The number of nitrogens with one attached hydrogen (secondary N) is 1. The van der Waals surface area contributed by atoms with Crippen LogP contribution in [0.1, 0.15) is 11.1 Å². The van der Waals surface area contributed by atoms with Gasteiger partial charge in [-0.3, -0.25) is 0 Å². The number of rotatable bonds is 4. The molecule has 4 heteroatoms. The molecule has 3 nitrogen and oxygen atoms in total. The van der Waals surface area contributed by atoms with Crippen LogP contribution < -0.4 is 10.2 Å². The van der Waals surface area contributed by atoms with Gasteiger partial charge in [0.1, 0.15) is 5.82 Å². The van der Waals surface area contributed by atoms with Crippen molar-refractivity contribution >= 4 is 11.4 Å². The summed E-state index contributed by atoms with van der Waals surface area (Å²) < 4.78 is 13.3. The van der Waals surface area contributed by atoms with E-state index >= 15 is 0 Å². The maximum Gasteiger partial charge on any atom is 0.123 e. The number of para-hydroxylation sites is 2. The van der Waals surface area contributed by atoms with Crippen molar-refractivity contribution in [1.29, 1.82) is 5.26 Å². The van der Waals surface area contributed by atoms with E-state index in [1.165, 1.54) is 18.2 Å². The second kappa shape index (κ2) is 6.07. The van der Waals surface area contributed by atoms with Gasteiger partial charge in [0.25, 0.3) is 0 Å². The average Bonchev–Trinajstić information content (AvgIpc) is 2.45. The number of hydrogen-bond donors (Lipinski definition) is 1. The summed E-state index contributed by atoms with van der Waals surface area (Å²) in [6.45, 7) is 0.408. The summed E-state index contributed by atoms with van der Waals surface area (Å²) in [5.74, 6) is -0.332. The van der Waals surface area contributed by atoms with Crippen molar-refractivity contribution in [1.82, 2.24) is 0 Å². The molecule has 0 saturated carbocycles. The molecule has 0 fully saturated rings. The number of hydrogen-bond acceptors (Lipinski definition) is 3. The fraction of sp³-hybridized carbons (Fsp3) is 0.188. The Morgan fingerprint density at radius 2 is 1.95 bits per heavy atom. The van der Waals surface area contributed by atoms with Crippen LogP contribution in [0.5, 0.6) is 0 Å². The smallest absolute Gasteiger partial charge is 0.123 e. The molecule has 0 aliphatic rings. The molecule has 0 aliphatic carbocycles. The third-order valence-electron chi connectivity index (χ3n) is 3.04. The third-order valence-corrected chi connectivity index (χ3v) is 3.04. The van der Waals surface area contributed by atoms with E-state index in [1.807, 2.05) is 43.3 Å². The van der Waals surface area contributed by atoms with E-state index < -0.39 is 0 Å². The molecular weight excluding hydrogens is 253 g/mol. The second-order valence-corrected chi connectivity index (χ2v) is 4.68. The first-order chi connectivity index (χ1) is 9.61. The van der Waals surface area contributed by atoms with E-state index in [0.29, 0.717) is 17.7 Å². The molecule has 0 aliphatic heterocycles. The van der Waals surface area contributed by atoms with Crippen LogP contribution in [0.3, 0.4) is 0 Å². The minimum Gasteiger partial charge on any atom is -0.379 e. The first-order valence-electron chi connectivity index (χ1n) is 6.30. The number of nitrogens with zero attached hydrogens (tertiary/aromatic N) is 2. The fourth-order valence-corrected chi connectivity index (χ4v) is 2.02. The highest BCUT2D eigenvalue weighted by Crippen LogP contribution is 2.24. The van der Waals surface area contributed by atoms with Gasteiger partial charge in [-0.05, 0) is 35.9 Å². The van der Waals surface area contributed by atoms with E-state index in [4.69, 9.17) is 5.26 Å². The van der Waals surface area contributed by atoms with Crippen LogP contribution in [0, 0.1) is 17.1 Å². The van der Waals surface area contributed by atoms with Gasteiger partial charge in [0.05, 0.1) is 23.0 Å². The fourth-order valence-electron chi connectivity index (χ4n) is 2.02. The zero-order chi connectivity index (χ0) is 14.5. The molecule has 0 bridgehead atoms. The minimum atomic E-state index is -0.332. The third kappa shape index (κ3) is 3.07. The molecule has 0 saturated heterocycles. The van der Waals surface area contributed by atoms with Gasteiger partial charge in [-0.2, -0.15) is 5.26 Å². The summed E-state index contributed by atoms with van der Waals surface area (Å²) in [4.78, 5) is 2.00. The first-order valence-corrected chi connectivity index (χ1v) is 6.30. The van der Waals surface area contributed by atoms with Gasteiger partial charge in [-0.25, -0.2) is 4.39 Å². The van der Waals surface area contributed by atoms with Crippen LogP contribution in [0.25, 0.3) is 0 Å². The van der Waals surface area contributed by atoms with Crippen molar-refractivity contribution in [3.05, 3.63) is 59.4 Å². The maximum atomic E-state index is 13.3. The van der Waals surface area contributed by atoms with Crippen molar-refractivity contribution in [2.24, 2.45) is 0 Å². The van der Waals surface area contributed by atoms with Crippen LogP contribution in [-0.4, -0.2) is 14.1 Å². The summed E-state index contributed by atoms with van der Waals surface area (Å²) in [5, 5.41) is 12.3. The van der Waals surface area contributed by atoms with Gasteiger partial charge in [0.2, 0.25) is 0 Å². The van der Waals surface area contributed by atoms with E-state index in [1.54, 1.807) is 0 Å². The second-order valence-electron chi connectivity index (χ2n) is 4.68. The van der Waals surface area contributed by atoms with E-state index in [2.05, 4.69) is 11.4 Å². The van der Waals surface area contributed by atoms with Gasteiger partial charge in [0, 0.05) is 20.6 Å². The standard InChI is InChI=1S/C16H16FN3/c1-20(2)16-6-4-3-5-15(16)19-11-13-9-14(17)8-7-12(13)10-18/h3-9,19H,11H2,1-2H3. The maximum absolute atomic E-state index is 13.3. The highest BCUT2D eigenvalue weighted by atomic mass is 19.1. The van der Waals surface area contributed by atoms with Crippen molar-refractivity contribution in [2.45, 2.75) is 6.54 Å². The van der Waals surface area contributed by atoms with Crippen molar-refractivity contribution in [3.63, 3.8) is 0 Å². The van der Waals surface area contributed by atoms with Gasteiger partial charge in [0.15, 0.2) is 0 Å². The monoisotopic (exact) mass is 269 g/mol. The Morgan fingerprint density at radius 3 is 2.65 bits per heavy atom. The highest BCUT2D eigenvalue weighted by Gasteiger charge is 2.06. The lowest BCUT2D eigenvalue weighted by atomic mass is 10.1. The number of anilines is 2. The Morgan fingerprint density at radius 1 is 1.20 bits per heavy atom. The van der Waals surface area contributed by atoms with Crippen LogP contribution in [0.15, 0.2) is 42.5 Å². The average molecular weight is 269 g/mol. The Bertz CT molecular complexity index is 644. The first kappa shape index (κ1) is 13.9. The lowest BCUT2D eigenvalue weighted by Crippen LogP contribution is -2.12. The van der Waals surface area contributed by atoms with Crippen molar-refractivity contribution < 1.29 is 4.39 Å². The Hall–Kier alpha value is -2.54. The lowest BCUT2D eigenvalue weighted by molar-refractivity contribution is 0.625. The molecule has 0 amide bonds. The SMILES string of the molecule is CN(C)c1ccccc1NCc1cc(F)ccc1C#N. The molecule has 1 N–H and O–H groups in total. The Kier molecular flexibility index (Phi) is 4.21. The Labute approximate surface area is 118 Å². The molecule has 0 heterocycles. The van der Waals surface area contributed by atoms with Gasteiger partial charge >= 0.3 is 0 Å². The largest absolute Gasteiger partial charge is 0.379 e. The summed E-state index contributed by atoms with van der Waals surface area (Å²) >= 11 is 0. The zero-order valence-electron chi connectivity index (χ0n) is 11.5. The predicted molar refractivity (Wildman–Crippen MR) is 79.2 cm³/mol. The molecule has 2 aromatic carbocycles. The zero-order valence-corrected chi connectivity index (χ0v) is 11.5. The summed E-state index contributed by atoms with van der Waals surface area (Å²) in [6.07, 6.45) is 0. The molecule has 20 heavy (non-hydrogen) atoms. The molecule has 0 atom stereocenters. The van der Waals surface area contributed by atoms with Gasteiger partial charge in [-0.15, -0.1) is 0 Å². The van der Waals surface area contributed by atoms with Crippen molar-refractivity contribution in [2.75, 3.05) is 24.3 Å². The van der Waals surface area contributed by atoms with Gasteiger partial charge < -0.3 is 10.2 Å². The van der Waals surface area contributed by atoms with Crippen LogP contribution in [0.4, 0.5) is 15.8 Å². The molecule has 102 valence electrons. The normalized spacial score (nSPS) is 9.90. The summed E-state index contributed by atoms with van der Waals surface area (Å²) in [7, 11) is 3.92. The van der Waals surface area contributed by atoms with Gasteiger partial charge in [-0.1, -0.05) is 12.1 Å². The lowest BCUT2D eigenvalue weighted by Gasteiger charge is -2.18. The van der Waals surface area contributed by atoms with Crippen LogP contribution in [-0.2, 0) is 6.54 Å².